The normalized spacial score (nSPS) is 10.3. The van der Waals surface area contributed by atoms with Gasteiger partial charge in [-0.1, -0.05) is 35.9 Å². The van der Waals surface area contributed by atoms with Crippen molar-refractivity contribution in [3.8, 4) is 17.3 Å². The monoisotopic (exact) mass is 347 g/mol. The average Bonchev–Trinajstić information content (AvgIpc) is 2.95. The number of carbonyl (C=O) groups is 1. The van der Waals surface area contributed by atoms with Crippen molar-refractivity contribution in [1.82, 2.24) is 4.98 Å². The number of nitrogens with one attached hydrogen (secondary N) is 1. The number of amides is 1. The molecular formula is C20H17N3OS. The van der Waals surface area contributed by atoms with Crippen molar-refractivity contribution in [1.29, 1.82) is 5.26 Å². The van der Waals surface area contributed by atoms with Crippen LogP contribution in [0, 0.1) is 25.2 Å². The molecule has 25 heavy (non-hydrogen) atoms. The van der Waals surface area contributed by atoms with Crippen LogP contribution >= 0.6 is 11.3 Å². The molecule has 1 amide bonds. The van der Waals surface area contributed by atoms with Crippen LogP contribution in [0.5, 0.6) is 0 Å². The Kier molecular flexibility index (Phi) is 4.92. The number of benzene rings is 2. The fourth-order valence-corrected chi connectivity index (χ4v) is 3.50. The number of nitriles is 1. The van der Waals surface area contributed by atoms with Gasteiger partial charge in [-0.15, -0.1) is 11.3 Å². The van der Waals surface area contributed by atoms with Crippen molar-refractivity contribution in [3.63, 3.8) is 0 Å². The smallest absolute Gasteiger partial charge is 0.229 e. The summed E-state index contributed by atoms with van der Waals surface area (Å²) in [5.74, 6) is -0.118. The summed E-state index contributed by atoms with van der Waals surface area (Å²) < 4.78 is 0. The minimum absolute atomic E-state index is 0.118. The SMILES string of the molecule is Cc1ccc(-c2nc(C)sc2CC(=O)Nc2cccc(C#N)c2)cc1. The molecule has 0 fully saturated rings. The van der Waals surface area contributed by atoms with Gasteiger partial charge in [-0.2, -0.15) is 5.26 Å². The first-order valence-corrected chi connectivity index (χ1v) is 8.70. The summed E-state index contributed by atoms with van der Waals surface area (Å²) in [4.78, 5) is 17.9. The lowest BCUT2D eigenvalue weighted by atomic mass is 10.1. The fraction of sp³-hybridized carbons (Fsp3) is 0.150. The second-order valence-electron chi connectivity index (χ2n) is 5.79. The number of rotatable bonds is 4. The number of hydrogen-bond acceptors (Lipinski definition) is 4. The average molecular weight is 347 g/mol. The molecule has 1 N–H and O–H groups in total. The van der Waals surface area contributed by atoms with Crippen LogP contribution in [-0.4, -0.2) is 10.9 Å². The lowest BCUT2D eigenvalue weighted by molar-refractivity contribution is -0.115. The molecule has 0 atom stereocenters. The van der Waals surface area contributed by atoms with Gasteiger partial charge in [0.25, 0.3) is 0 Å². The summed E-state index contributed by atoms with van der Waals surface area (Å²) >= 11 is 1.54. The number of hydrogen-bond donors (Lipinski definition) is 1. The number of aryl methyl sites for hydroxylation is 2. The Morgan fingerprint density at radius 3 is 2.68 bits per heavy atom. The van der Waals surface area contributed by atoms with Gasteiger partial charge >= 0.3 is 0 Å². The van der Waals surface area contributed by atoms with Gasteiger partial charge in [0, 0.05) is 16.1 Å². The first-order chi connectivity index (χ1) is 12.0. The van der Waals surface area contributed by atoms with Gasteiger partial charge in [-0.3, -0.25) is 4.79 Å². The molecule has 0 bridgehead atoms. The highest BCUT2D eigenvalue weighted by molar-refractivity contribution is 7.12. The van der Waals surface area contributed by atoms with Crippen LogP contribution in [0.15, 0.2) is 48.5 Å². The van der Waals surface area contributed by atoms with Crippen LogP contribution in [-0.2, 0) is 11.2 Å². The molecule has 2 aromatic carbocycles. The van der Waals surface area contributed by atoms with E-state index in [0.29, 0.717) is 11.3 Å². The lowest BCUT2D eigenvalue weighted by Crippen LogP contribution is -2.14. The Hall–Kier alpha value is -2.97. The first-order valence-electron chi connectivity index (χ1n) is 7.88. The molecule has 3 rings (SSSR count). The van der Waals surface area contributed by atoms with Gasteiger partial charge in [0.2, 0.25) is 5.91 Å². The molecule has 1 aromatic heterocycles. The van der Waals surface area contributed by atoms with E-state index in [4.69, 9.17) is 5.26 Å². The van der Waals surface area contributed by atoms with E-state index in [0.717, 1.165) is 21.1 Å². The maximum Gasteiger partial charge on any atom is 0.229 e. The molecule has 0 radical (unpaired) electrons. The maximum atomic E-state index is 12.4. The second-order valence-corrected chi connectivity index (χ2v) is 7.08. The molecule has 0 aliphatic carbocycles. The summed E-state index contributed by atoms with van der Waals surface area (Å²) in [6, 6.07) is 17.1. The van der Waals surface area contributed by atoms with Gasteiger partial charge in [0.1, 0.15) is 0 Å². The largest absolute Gasteiger partial charge is 0.326 e. The van der Waals surface area contributed by atoms with E-state index in [2.05, 4.69) is 16.4 Å². The summed E-state index contributed by atoms with van der Waals surface area (Å²) in [6.07, 6.45) is 0.255. The number of aromatic nitrogens is 1. The minimum Gasteiger partial charge on any atom is -0.326 e. The van der Waals surface area contributed by atoms with Crippen molar-refractivity contribution < 1.29 is 4.79 Å². The molecule has 5 heteroatoms. The molecule has 0 aliphatic heterocycles. The van der Waals surface area contributed by atoms with E-state index in [9.17, 15) is 4.79 Å². The van der Waals surface area contributed by atoms with Gasteiger partial charge in [0.05, 0.1) is 28.8 Å². The minimum atomic E-state index is -0.118. The molecule has 0 saturated heterocycles. The zero-order chi connectivity index (χ0) is 17.8. The van der Waals surface area contributed by atoms with Crippen molar-refractivity contribution in [2.24, 2.45) is 0 Å². The van der Waals surface area contributed by atoms with Gasteiger partial charge in [-0.25, -0.2) is 4.98 Å². The van der Waals surface area contributed by atoms with Gasteiger partial charge < -0.3 is 5.32 Å². The molecule has 124 valence electrons. The number of thiazole rings is 1. The van der Waals surface area contributed by atoms with Crippen molar-refractivity contribution in [2.75, 3.05) is 5.32 Å². The highest BCUT2D eigenvalue weighted by atomic mass is 32.1. The van der Waals surface area contributed by atoms with Crippen LogP contribution in [0.1, 0.15) is 21.0 Å². The molecule has 0 aliphatic rings. The molecule has 3 aromatic rings. The number of carbonyl (C=O) groups excluding carboxylic acids is 1. The molecule has 0 unspecified atom stereocenters. The van der Waals surface area contributed by atoms with Crippen LogP contribution in [0.3, 0.4) is 0 Å². The van der Waals surface area contributed by atoms with Gasteiger partial charge in [-0.05, 0) is 32.0 Å². The van der Waals surface area contributed by atoms with Crippen molar-refractivity contribution in [2.45, 2.75) is 20.3 Å². The molecule has 0 spiro atoms. The highest BCUT2D eigenvalue weighted by Crippen LogP contribution is 2.29. The predicted molar refractivity (Wildman–Crippen MR) is 101 cm³/mol. The lowest BCUT2D eigenvalue weighted by Gasteiger charge is -2.06. The summed E-state index contributed by atoms with van der Waals surface area (Å²) in [6.45, 7) is 3.99. The first kappa shape index (κ1) is 16.9. The van der Waals surface area contributed by atoms with Crippen molar-refractivity contribution >= 4 is 22.9 Å². The zero-order valence-electron chi connectivity index (χ0n) is 14.0. The van der Waals surface area contributed by atoms with Crippen LogP contribution in [0.4, 0.5) is 5.69 Å². The van der Waals surface area contributed by atoms with E-state index in [1.165, 1.54) is 16.9 Å². The second kappa shape index (κ2) is 7.29. The van der Waals surface area contributed by atoms with Crippen LogP contribution in [0.2, 0.25) is 0 Å². The molecule has 1 heterocycles. The van der Waals surface area contributed by atoms with E-state index in [1.54, 1.807) is 24.3 Å². The predicted octanol–water partition coefficient (Wildman–Crippen LogP) is 4.48. The molecular weight excluding hydrogens is 330 g/mol. The quantitative estimate of drug-likeness (QED) is 0.757. The Morgan fingerprint density at radius 2 is 1.96 bits per heavy atom. The Morgan fingerprint density at radius 1 is 1.20 bits per heavy atom. The number of anilines is 1. The Bertz CT molecular complexity index is 952. The summed E-state index contributed by atoms with van der Waals surface area (Å²) in [7, 11) is 0. The third-order valence-corrected chi connectivity index (χ3v) is 4.70. The van der Waals surface area contributed by atoms with E-state index >= 15 is 0 Å². The van der Waals surface area contributed by atoms with Crippen LogP contribution < -0.4 is 5.32 Å². The summed E-state index contributed by atoms with van der Waals surface area (Å²) in [5, 5.41) is 12.7. The van der Waals surface area contributed by atoms with Gasteiger partial charge in [0.15, 0.2) is 0 Å². The standard InChI is InChI=1S/C20H17N3OS/c1-13-6-8-16(9-7-13)20-18(25-14(2)22-20)11-19(24)23-17-5-3-4-15(10-17)12-21/h3-10H,11H2,1-2H3,(H,23,24). The Labute approximate surface area is 150 Å². The topological polar surface area (TPSA) is 65.8 Å². The van der Waals surface area contributed by atoms with E-state index < -0.39 is 0 Å². The summed E-state index contributed by atoms with van der Waals surface area (Å²) in [5.41, 5.74) is 4.22. The van der Waals surface area contributed by atoms with Crippen molar-refractivity contribution in [3.05, 3.63) is 69.5 Å². The molecule has 4 nitrogen and oxygen atoms in total. The number of nitrogens with zero attached hydrogens (tertiary/aromatic N) is 2. The Balaban J connectivity index is 1.79. The van der Waals surface area contributed by atoms with Crippen LogP contribution in [0.25, 0.3) is 11.3 Å². The third kappa shape index (κ3) is 4.11. The zero-order valence-corrected chi connectivity index (χ0v) is 14.9. The highest BCUT2D eigenvalue weighted by Gasteiger charge is 2.15. The third-order valence-electron chi connectivity index (χ3n) is 3.73. The maximum absolute atomic E-state index is 12.4. The van der Waals surface area contributed by atoms with E-state index in [-0.39, 0.29) is 12.3 Å². The molecule has 0 saturated carbocycles. The fourth-order valence-electron chi connectivity index (χ4n) is 2.54. The van der Waals surface area contributed by atoms with E-state index in [1.807, 2.05) is 38.1 Å².